The van der Waals surface area contributed by atoms with E-state index in [1.165, 1.54) is 4.31 Å². The van der Waals surface area contributed by atoms with Gasteiger partial charge in [-0.15, -0.1) is 0 Å². The molecule has 0 spiro atoms. The zero-order valence-electron chi connectivity index (χ0n) is 18.3. The maximum Gasteiger partial charge on any atom is 0.260 e. The minimum atomic E-state index is -3.56. The number of aryl methyl sites for hydroxylation is 1. The lowest BCUT2D eigenvalue weighted by atomic mass is 10.1. The summed E-state index contributed by atoms with van der Waals surface area (Å²) in [6, 6.07) is 22.0. The van der Waals surface area contributed by atoms with Gasteiger partial charge in [-0.25, -0.2) is 8.42 Å². The van der Waals surface area contributed by atoms with Crippen molar-refractivity contribution in [1.82, 2.24) is 4.31 Å². The number of benzene rings is 3. The fourth-order valence-corrected chi connectivity index (χ4v) is 5.77. The largest absolute Gasteiger partial charge is 0.379 e. The van der Waals surface area contributed by atoms with Gasteiger partial charge in [-0.3, -0.25) is 9.69 Å². The van der Waals surface area contributed by atoms with Crippen LogP contribution in [0, 0.1) is 6.92 Å². The molecule has 7 nitrogen and oxygen atoms in total. The number of carbonyl (C=O) groups is 1. The van der Waals surface area contributed by atoms with Crippen LogP contribution in [0.2, 0.25) is 0 Å². The summed E-state index contributed by atoms with van der Waals surface area (Å²) in [6.07, 6.45) is -0.406. The fraction of sp³-hybridized carbons (Fsp3) is 0.240. The molecule has 1 atom stereocenters. The number of ether oxygens (including phenoxy) is 1. The molecule has 2 heterocycles. The number of fused-ring (bicyclic) bond motifs is 1. The van der Waals surface area contributed by atoms with Gasteiger partial charge in [-0.05, 0) is 48.9 Å². The molecule has 3 aromatic rings. The van der Waals surface area contributed by atoms with Crippen molar-refractivity contribution in [1.29, 1.82) is 0 Å². The van der Waals surface area contributed by atoms with Gasteiger partial charge in [0.15, 0.2) is 0 Å². The molecule has 5 rings (SSSR count). The summed E-state index contributed by atoms with van der Waals surface area (Å²) in [5.74, 6) is -0.0658. The first kappa shape index (κ1) is 21.6. The van der Waals surface area contributed by atoms with E-state index in [-0.39, 0.29) is 10.8 Å². The zero-order chi connectivity index (χ0) is 23.0. The van der Waals surface area contributed by atoms with Crippen molar-refractivity contribution < 1.29 is 17.9 Å². The van der Waals surface area contributed by atoms with E-state index in [4.69, 9.17) is 4.74 Å². The molecule has 1 N–H and O–H groups in total. The third-order valence-electron chi connectivity index (χ3n) is 6.10. The Hall–Kier alpha value is -3.20. The molecule has 1 amide bonds. The average Bonchev–Trinajstić information content (AvgIpc) is 3.12. The van der Waals surface area contributed by atoms with Crippen LogP contribution in [-0.2, 0) is 14.8 Å². The summed E-state index contributed by atoms with van der Waals surface area (Å²) in [5.41, 5.74) is 4.10. The summed E-state index contributed by atoms with van der Waals surface area (Å²) in [4.78, 5) is 15.3. The van der Waals surface area contributed by atoms with Crippen molar-refractivity contribution in [2.24, 2.45) is 0 Å². The molecule has 0 unspecified atom stereocenters. The monoisotopic (exact) mass is 463 g/mol. The molecule has 2 aliphatic rings. The molecule has 2 aliphatic heterocycles. The molecular weight excluding hydrogens is 438 g/mol. The van der Waals surface area contributed by atoms with E-state index >= 15 is 0 Å². The van der Waals surface area contributed by atoms with E-state index in [0.717, 1.165) is 22.5 Å². The first-order valence-corrected chi connectivity index (χ1v) is 12.3. The summed E-state index contributed by atoms with van der Waals surface area (Å²) < 4.78 is 32.6. The number of amides is 1. The van der Waals surface area contributed by atoms with Crippen molar-refractivity contribution in [3.05, 3.63) is 89.5 Å². The number of rotatable bonds is 5. The number of sulfonamides is 1. The maximum absolute atomic E-state index is 13.3. The van der Waals surface area contributed by atoms with Crippen molar-refractivity contribution in [3.63, 3.8) is 0 Å². The molecule has 0 saturated carbocycles. The Morgan fingerprint density at radius 2 is 1.58 bits per heavy atom. The number of hydrogen-bond acceptors (Lipinski definition) is 5. The van der Waals surface area contributed by atoms with E-state index in [0.29, 0.717) is 31.9 Å². The normalized spacial score (nSPS) is 18.9. The van der Waals surface area contributed by atoms with Gasteiger partial charge in [-0.2, -0.15) is 4.31 Å². The molecule has 0 aromatic heterocycles. The molecule has 0 bridgehead atoms. The highest BCUT2D eigenvalue weighted by Gasteiger charge is 2.38. The van der Waals surface area contributed by atoms with Crippen LogP contribution in [0.1, 0.15) is 27.7 Å². The molecule has 3 aromatic carbocycles. The number of para-hydroxylation sites is 1. The Bertz CT molecular complexity index is 1290. The van der Waals surface area contributed by atoms with Crippen molar-refractivity contribution in [2.45, 2.75) is 18.0 Å². The van der Waals surface area contributed by atoms with Crippen molar-refractivity contribution >= 4 is 27.3 Å². The minimum absolute atomic E-state index is 0.0658. The Labute approximate surface area is 193 Å². The molecule has 170 valence electrons. The second-order valence-electron chi connectivity index (χ2n) is 8.14. The minimum Gasteiger partial charge on any atom is -0.379 e. The SMILES string of the molecule is Cc1ccccc1N1C(=O)c2ccccc2[C@@H]1Nc1ccc(S(=O)(=O)N2CCOCC2)cc1. The second kappa shape index (κ2) is 8.62. The smallest absolute Gasteiger partial charge is 0.260 e. The molecule has 0 radical (unpaired) electrons. The molecule has 0 aliphatic carbocycles. The Balaban J connectivity index is 1.45. The number of hydrogen-bond donors (Lipinski definition) is 1. The standard InChI is InChI=1S/C25H25N3O4S/c1-18-6-2-5-9-23(18)28-24(21-7-3-4-8-22(21)25(28)29)26-19-10-12-20(13-11-19)33(30,31)27-14-16-32-17-15-27/h2-13,24,26H,14-17H2,1H3/t24-/m1/s1. The quantitative estimate of drug-likeness (QED) is 0.623. The molecule has 33 heavy (non-hydrogen) atoms. The van der Waals surface area contributed by atoms with E-state index in [1.54, 1.807) is 29.2 Å². The van der Waals surface area contributed by atoms with Crippen LogP contribution in [0.3, 0.4) is 0 Å². The first-order chi connectivity index (χ1) is 16.0. The Morgan fingerprint density at radius 3 is 2.30 bits per heavy atom. The van der Waals surface area contributed by atoms with Gasteiger partial charge >= 0.3 is 0 Å². The highest BCUT2D eigenvalue weighted by molar-refractivity contribution is 7.89. The topological polar surface area (TPSA) is 79.0 Å². The van der Waals surface area contributed by atoms with E-state index in [9.17, 15) is 13.2 Å². The van der Waals surface area contributed by atoms with E-state index in [2.05, 4.69) is 5.32 Å². The van der Waals surface area contributed by atoms with Crippen LogP contribution >= 0.6 is 0 Å². The van der Waals surface area contributed by atoms with Gasteiger partial charge in [0.2, 0.25) is 10.0 Å². The Morgan fingerprint density at radius 1 is 0.909 bits per heavy atom. The number of carbonyl (C=O) groups excluding carboxylic acids is 1. The number of nitrogens with one attached hydrogen (secondary N) is 1. The van der Waals surface area contributed by atoms with Gasteiger partial charge in [0.1, 0.15) is 6.17 Å². The Kier molecular flexibility index (Phi) is 5.65. The van der Waals surface area contributed by atoms with Crippen LogP contribution in [-0.4, -0.2) is 44.9 Å². The highest BCUT2D eigenvalue weighted by atomic mass is 32.2. The summed E-state index contributed by atoms with van der Waals surface area (Å²) in [5, 5.41) is 3.44. The van der Waals surface area contributed by atoms with Crippen LogP contribution in [0.5, 0.6) is 0 Å². The van der Waals surface area contributed by atoms with Gasteiger partial charge in [-0.1, -0.05) is 36.4 Å². The van der Waals surface area contributed by atoms with Gasteiger partial charge < -0.3 is 10.1 Å². The molecule has 8 heteroatoms. The lowest BCUT2D eigenvalue weighted by Crippen LogP contribution is -2.40. The van der Waals surface area contributed by atoms with Gasteiger partial charge in [0.25, 0.3) is 5.91 Å². The van der Waals surface area contributed by atoms with Crippen LogP contribution in [0.15, 0.2) is 77.7 Å². The maximum atomic E-state index is 13.3. The van der Waals surface area contributed by atoms with E-state index < -0.39 is 16.2 Å². The third-order valence-corrected chi connectivity index (χ3v) is 8.02. The predicted octanol–water partition coefficient (Wildman–Crippen LogP) is 3.79. The first-order valence-electron chi connectivity index (χ1n) is 10.9. The summed E-state index contributed by atoms with van der Waals surface area (Å²) >= 11 is 0. The second-order valence-corrected chi connectivity index (χ2v) is 10.1. The number of morpholine rings is 1. The lowest BCUT2D eigenvalue weighted by Gasteiger charge is -2.29. The van der Waals surface area contributed by atoms with Crippen molar-refractivity contribution in [2.75, 3.05) is 36.5 Å². The highest BCUT2D eigenvalue weighted by Crippen LogP contribution is 2.39. The average molecular weight is 464 g/mol. The number of anilines is 2. The van der Waals surface area contributed by atoms with Gasteiger partial charge in [0, 0.05) is 35.6 Å². The summed E-state index contributed by atoms with van der Waals surface area (Å²) in [6.45, 7) is 3.50. The van der Waals surface area contributed by atoms with Gasteiger partial charge in [0.05, 0.1) is 18.1 Å². The lowest BCUT2D eigenvalue weighted by molar-refractivity contribution is 0.0730. The van der Waals surface area contributed by atoms with Crippen molar-refractivity contribution in [3.8, 4) is 0 Å². The molecule has 1 fully saturated rings. The van der Waals surface area contributed by atoms with Crippen LogP contribution in [0.25, 0.3) is 0 Å². The van der Waals surface area contributed by atoms with Crippen LogP contribution in [0.4, 0.5) is 11.4 Å². The van der Waals surface area contributed by atoms with E-state index in [1.807, 2.05) is 55.5 Å². The fourth-order valence-electron chi connectivity index (χ4n) is 4.36. The summed E-state index contributed by atoms with van der Waals surface area (Å²) in [7, 11) is -3.56. The third kappa shape index (κ3) is 3.90. The predicted molar refractivity (Wildman–Crippen MR) is 127 cm³/mol. The molecular formula is C25H25N3O4S. The number of nitrogens with zero attached hydrogens (tertiary/aromatic N) is 2. The molecule has 1 saturated heterocycles. The zero-order valence-corrected chi connectivity index (χ0v) is 19.1. The van der Waals surface area contributed by atoms with Crippen LogP contribution < -0.4 is 10.2 Å².